The quantitative estimate of drug-likeness (QED) is 0.601. The molecule has 4 heteroatoms. The van der Waals surface area contributed by atoms with Crippen molar-refractivity contribution in [1.82, 2.24) is 10.4 Å². The van der Waals surface area contributed by atoms with Gasteiger partial charge in [-0.3, -0.25) is 0 Å². The summed E-state index contributed by atoms with van der Waals surface area (Å²) in [6, 6.07) is 25.3. The Morgan fingerprint density at radius 1 is 0.933 bits per heavy atom. The van der Waals surface area contributed by atoms with E-state index in [0.29, 0.717) is 5.92 Å². The van der Waals surface area contributed by atoms with Crippen molar-refractivity contribution in [3.8, 4) is 11.5 Å². The molecule has 1 N–H and O–H groups in total. The smallest absolute Gasteiger partial charge is 0.196 e. The molecule has 30 heavy (non-hydrogen) atoms. The number of hydrogen-bond acceptors (Lipinski definition) is 4. The Bertz CT molecular complexity index is 1070. The maximum absolute atomic E-state index is 6.54. The van der Waals surface area contributed by atoms with Crippen LogP contribution in [0.2, 0.25) is 0 Å². The first-order chi connectivity index (χ1) is 14.7. The molecule has 5 rings (SSSR count). The van der Waals surface area contributed by atoms with Crippen LogP contribution in [0.15, 0.2) is 78.9 Å². The fourth-order valence-electron chi connectivity index (χ4n) is 4.20. The largest absolute Gasteiger partial charge is 0.493 e. The van der Waals surface area contributed by atoms with Crippen LogP contribution in [0.5, 0.6) is 11.5 Å². The number of ether oxygens (including phenoxy) is 2. The third kappa shape index (κ3) is 3.14. The highest BCUT2D eigenvalue weighted by Crippen LogP contribution is 2.49. The Morgan fingerprint density at radius 2 is 1.70 bits per heavy atom. The van der Waals surface area contributed by atoms with Gasteiger partial charge < -0.3 is 14.9 Å². The summed E-state index contributed by atoms with van der Waals surface area (Å²) in [5.74, 6) is 2.07. The van der Waals surface area contributed by atoms with Crippen LogP contribution in [0.3, 0.4) is 0 Å². The fraction of sp³-hybridized carbons (Fsp3) is 0.231. The number of para-hydroxylation sites is 1. The number of hydrogen-bond donors (Lipinski definition) is 1. The van der Waals surface area contributed by atoms with E-state index in [9.17, 15) is 0 Å². The second-order valence-corrected chi connectivity index (χ2v) is 8.08. The second kappa shape index (κ2) is 7.54. The van der Waals surface area contributed by atoms with Crippen molar-refractivity contribution >= 4 is 5.70 Å². The molecule has 2 aliphatic rings. The van der Waals surface area contributed by atoms with Gasteiger partial charge in [0.05, 0.1) is 18.8 Å². The van der Waals surface area contributed by atoms with Crippen molar-refractivity contribution in [2.45, 2.75) is 32.0 Å². The Balaban J connectivity index is 1.59. The lowest BCUT2D eigenvalue weighted by molar-refractivity contribution is -0.0343. The van der Waals surface area contributed by atoms with Crippen LogP contribution in [-0.4, -0.2) is 12.1 Å². The molecule has 4 nitrogen and oxygen atoms in total. The van der Waals surface area contributed by atoms with Gasteiger partial charge in [0.2, 0.25) is 0 Å². The van der Waals surface area contributed by atoms with Crippen molar-refractivity contribution in [3.05, 3.63) is 101 Å². The van der Waals surface area contributed by atoms with Gasteiger partial charge in [-0.25, -0.2) is 0 Å². The molecule has 0 aliphatic carbocycles. The van der Waals surface area contributed by atoms with E-state index < -0.39 is 0 Å². The van der Waals surface area contributed by atoms with E-state index in [1.165, 1.54) is 5.56 Å². The molecule has 3 aromatic rings. The summed E-state index contributed by atoms with van der Waals surface area (Å²) in [5, 5.41) is 2.19. The van der Waals surface area contributed by atoms with Crippen LogP contribution in [0.1, 0.15) is 54.3 Å². The van der Waals surface area contributed by atoms with Gasteiger partial charge in [0.25, 0.3) is 0 Å². The van der Waals surface area contributed by atoms with E-state index in [-0.39, 0.29) is 12.3 Å². The zero-order valence-electron chi connectivity index (χ0n) is 17.5. The zero-order valence-corrected chi connectivity index (χ0v) is 17.5. The van der Waals surface area contributed by atoms with Crippen molar-refractivity contribution in [3.63, 3.8) is 0 Å². The average molecular weight is 399 g/mol. The van der Waals surface area contributed by atoms with Gasteiger partial charge in [-0.2, -0.15) is 5.01 Å². The number of benzene rings is 3. The maximum Gasteiger partial charge on any atom is 0.196 e. The van der Waals surface area contributed by atoms with Gasteiger partial charge in [0.1, 0.15) is 0 Å². The van der Waals surface area contributed by atoms with E-state index in [1.807, 2.05) is 18.2 Å². The Kier molecular flexibility index (Phi) is 4.72. The summed E-state index contributed by atoms with van der Waals surface area (Å²) in [6.45, 7) is 4.42. The molecule has 0 fully saturated rings. The lowest BCUT2D eigenvalue weighted by Crippen LogP contribution is -2.43. The molecule has 0 aromatic heterocycles. The van der Waals surface area contributed by atoms with Gasteiger partial charge >= 0.3 is 0 Å². The standard InChI is InChI=1S/C26H26N2O2/c1-17(2)18-12-14-20(15-13-18)26-28-23(16-22(27-28)19-8-5-4-6-9-19)21-10-7-11-24(29-3)25(21)30-26/h4-17,23,26-27H,1-3H3/t23-,26-/m1/s1. The van der Waals surface area contributed by atoms with Crippen molar-refractivity contribution < 1.29 is 9.47 Å². The van der Waals surface area contributed by atoms with Crippen molar-refractivity contribution in [1.29, 1.82) is 0 Å². The van der Waals surface area contributed by atoms with Crippen LogP contribution >= 0.6 is 0 Å². The lowest BCUT2D eigenvalue weighted by Gasteiger charge is -2.39. The molecular weight excluding hydrogens is 372 g/mol. The molecule has 2 atom stereocenters. The Labute approximate surface area is 177 Å². The molecule has 152 valence electrons. The topological polar surface area (TPSA) is 33.7 Å². The number of fused-ring (bicyclic) bond motifs is 3. The summed E-state index contributed by atoms with van der Waals surface area (Å²) in [4.78, 5) is 0. The summed E-state index contributed by atoms with van der Waals surface area (Å²) in [5.41, 5.74) is 9.37. The van der Waals surface area contributed by atoms with Gasteiger partial charge in [0.15, 0.2) is 17.7 Å². The van der Waals surface area contributed by atoms with Crippen LogP contribution in [-0.2, 0) is 0 Å². The highest BCUT2D eigenvalue weighted by molar-refractivity contribution is 5.68. The van der Waals surface area contributed by atoms with Crippen molar-refractivity contribution in [2.24, 2.45) is 0 Å². The highest BCUT2D eigenvalue weighted by Gasteiger charge is 2.41. The van der Waals surface area contributed by atoms with Gasteiger partial charge in [-0.05, 0) is 29.2 Å². The first-order valence-corrected chi connectivity index (χ1v) is 10.4. The fourth-order valence-corrected chi connectivity index (χ4v) is 4.20. The summed E-state index contributed by atoms with van der Waals surface area (Å²) in [7, 11) is 1.69. The molecule has 0 bridgehead atoms. The summed E-state index contributed by atoms with van der Waals surface area (Å²) < 4.78 is 12.2. The number of methoxy groups -OCH3 is 1. The second-order valence-electron chi connectivity index (χ2n) is 8.08. The summed E-state index contributed by atoms with van der Waals surface area (Å²) >= 11 is 0. The van der Waals surface area contributed by atoms with Crippen molar-refractivity contribution in [2.75, 3.05) is 7.11 Å². The normalized spacial score (nSPS) is 20.1. The van der Waals surface area contributed by atoms with E-state index in [1.54, 1.807) is 7.11 Å². The molecule has 0 radical (unpaired) electrons. The van der Waals surface area contributed by atoms with Crippen LogP contribution in [0, 0.1) is 0 Å². The predicted octanol–water partition coefficient (Wildman–Crippen LogP) is 5.81. The minimum Gasteiger partial charge on any atom is -0.493 e. The zero-order chi connectivity index (χ0) is 20.7. The maximum atomic E-state index is 6.54. The van der Waals surface area contributed by atoms with E-state index >= 15 is 0 Å². The first kappa shape index (κ1) is 18.8. The predicted molar refractivity (Wildman–Crippen MR) is 119 cm³/mol. The first-order valence-electron chi connectivity index (χ1n) is 10.4. The SMILES string of the molecule is COc1cccc2c1O[C@H](c1ccc(C(C)C)cc1)N1NC(c3ccccc3)=C[C@H]21. The molecule has 2 heterocycles. The molecule has 0 spiro atoms. The Hall–Kier alpha value is -3.24. The monoisotopic (exact) mass is 398 g/mol. The minimum atomic E-state index is -0.266. The van der Waals surface area contributed by atoms with Gasteiger partial charge in [-0.15, -0.1) is 0 Å². The highest BCUT2D eigenvalue weighted by atomic mass is 16.5. The number of hydrazine groups is 1. The number of rotatable bonds is 4. The van der Waals surface area contributed by atoms with Crippen LogP contribution < -0.4 is 14.9 Å². The van der Waals surface area contributed by atoms with E-state index in [0.717, 1.165) is 33.9 Å². The average Bonchev–Trinajstić information content (AvgIpc) is 3.24. The van der Waals surface area contributed by atoms with E-state index in [2.05, 4.69) is 85.0 Å². The molecule has 0 saturated heterocycles. The molecule has 0 unspecified atom stereocenters. The molecule has 0 amide bonds. The third-order valence-corrected chi connectivity index (χ3v) is 5.88. The molecule has 3 aromatic carbocycles. The van der Waals surface area contributed by atoms with Crippen LogP contribution in [0.4, 0.5) is 0 Å². The minimum absolute atomic E-state index is 0.0498. The van der Waals surface area contributed by atoms with E-state index in [4.69, 9.17) is 9.47 Å². The molecule has 2 aliphatic heterocycles. The Morgan fingerprint density at radius 3 is 2.40 bits per heavy atom. The summed E-state index contributed by atoms with van der Waals surface area (Å²) in [6.07, 6.45) is 2.00. The third-order valence-electron chi connectivity index (χ3n) is 5.88. The number of nitrogens with zero attached hydrogens (tertiary/aromatic N) is 1. The lowest BCUT2D eigenvalue weighted by atomic mass is 9.98. The van der Waals surface area contributed by atoms with Gasteiger partial charge in [-0.1, -0.05) is 80.6 Å². The van der Waals surface area contributed by atoms with Gasteiger partial charge in [0, 0.05) is 11.1 Å². The number of nitrogens with one attached hydrogen (secondary N) is 1. The molecule has 0 saturated carbocycles. The van der Waals surface area contributed by atoms with Crippen LogP contribution in [0.25, 0.3) is 5.70 Å². The molecular formula is C26H26N2O2.